The Hall–Kier alpha value is -1.06. The van der Waals surface area contributed by atoms with Crippen LogP contribution >= 0.6 is 0 Å². The number of hydrogen-bond acceptors (Lipinski definition) is 3. The van der Waals surface area contributed by atoms with Gasteiger partial charge in [-0.25, -0.2) is 0 Å². The Morgan fingerprint density at radius 3 is 2.43 bits per heavy atom. The maximum atomic E-state index is 5.67. The summed E-state index contributed by atoms with van der Waals surface area (Å²) in [6.45, 7) is 8.20. The molecule has 1 heterocycles. The van der Waals surface area contributed by atoms with Gasteiger partial charge in [-0.05, 0) is 64.2 Å². The quantitative estimate of drug-likeness (QED) is 0.833. The van der Waals surface area contributed by atoms with E-state index < -0.39 is 0 Å². The second kappa shape index (κ2) is 8.40. The van der Waals surface area contributed by atoms with Gasteiger partial charge in [-0.3, -0.25) is 0 Å². The van der Waals surface area contributed by atoms with Crippen LogP contribution in [0.5, 0.6) is 5.75 Å². The predicted octanol–water partition coefficient (Wildman–Crippen LogP) is 3.56. The zero-order valence-electron chi connectivity index (χ0n) is 13.6. The molecule has 2 rings (SSSR count). The van der Waals surface area contributed by atoms with Crippen molar-refractivity contribution >= 4 is 0 Å². The van der Waals surface area contributed by atoms with Crippen molar-refractivity contribution in [2.45, 2.75) is 64.6 Å². The molecule has 1 aliphatic rings. The van der Waals surface area contributed by atoms with E-state index in [1.165, 1.54) is 12.0 Å². The van der Waals surface area contributed by atoms with E-state index in [0.29, 0.717) is 12.1 Å². The molecule has 1 fully saturated rings. The monoisotopic (exact) mass is 291 g/mol. The van der Waals surface area contributed by atoms with Gasteiger partial charge in [0.2, 0.25) is 0 Å². The Kier molecular flexibility index (Phi) is 6.52. The summed E-state index contributed by atoms with van der Waals surface area (Å²) in [4.78, 5) is 0. The highest BCUT2D eigenvalue weighted by atomic mass is 16.5. The largest absolute Gasteiger partial charge is 0.491 e. The smallest absolute Gasteiger partial charge is 0.119 e. The van der Waals surface area contributed by atoms with E-state index in [-0.39, 0.29) is 6.10 Å². The van der Waals surface area contributed by atoms with Crippen molar-refractivity contribution < 1.29 is 9.47 Å². The summed E-state index contributed by atoms with van der Waals surface area (Å²) in [5, 5.41) is 3.72. The summed E-state index contributed by atoms with van der Waals surface area (Å²) in [5.74, 6) is 0.960. The molecule has 0 aromatic heterocycles. The molecule has 21 heavy (non-hydrogen) atoms. The Bertz CT molecular complexity index is 396. The number of hydrogen-bond donors (Lipinski definition) is 1. The summed E-state index contributed by atoms with van der Waals surface area (Å²) in [6, 6.07) is 9.70. The van der Waals surface area contributed by atoms with Crippen molar-refractivity contribution in [2.24, 2.45) is 0 Å². The molecule has 1 aromatic carbocycles. The third-order valence-corrected chi connectivity index (χ3v) is 3.90. The van der Waals surface area contributed by atoms with Crippen LogP contribution in [-0.4, -0.2) is 31.4 Å². The molecular formula is C18H29NO2. The minimum atomic E-state index is 0.236. The van der Waals surface area contributed by atoms with E-state index in [1.54, 1.807) is 0 Å². The lowest BCUT2D eigenvalue weighted by Crippen LogP contribution is -2.40. The summed E-state index contributed by atoms with van der Waals surface area (Å²) < 4.78 is 11.1. The average Bonchev–Trinajstić information content (AvgIpc) is 2.47. The van der Waals surface area contributed by atoms with Gasteiger partial charge < -0.3 is 14.8 Å². The fourth-order valence-corrected chi connectivity index (χ4v) is 2.74. The molecule has 0 spiro atoms. The normalized spacial score (nSPS) is 17.9. The molecule has 0 bridgehead atoms. The lowest BCUT2D eigenvalue weighted by molar-refractivity contribution is 0.0752. The standard InChI is InChI=1S/C18H29NO2/c1-14(2)21-18-8-6-16(7-9-18)5-4-15(3)19-17-10-12-20-13-11-17/h6-9,14-15,17,19H,4-5,10-13H2,1-3H3/t15-/m0/s1. The fraction of sp³-hybridized carbons (Fsp3) is 0.667. The van der Waals surface area contributed by atoms with Crippen LogP contribution in [-0.2, 0) is 11.2 Å². The molecule has 0 amide bonds. The number of benzene rings is 1. The lowest BCUT2D eigenvalue weighted by atomic mass is 10.0. The zero-order valence-corrected chi connectivity index (χ0v) is 13.6. The molecule has 1 aliphatic heterocycles. The van der Waals surface area contributed by atoms with Gasteiger partial charge >= 0.3 is 0 Å². The number of aryl methyl sites for hydroxylation is 1. The number of rotatable bonds is 7. The van der Waals surface area contributed by atoms with E-state index in [2.05, 4.69) is 50.4 Å². The SMILES string of the molecule is CC(C)Oc1ccc(CC[C@H](C)NC2CCOCC2)cc1. The highest BCUT2D eigenvalue weighted by molar-refractivity contribution is 5.27. The fourth-order valence-electron chi connectivity index (χ4n) is 2.74. The maximum Gasteiger partial charge on any atom is 0.119 e. The van der Waals surface area contributed by atoms with Crippen LogP contribution < -0.4 is 10.1 Å². The van der Waals surface area contributed by atoms with E-state index in [9.17, 15) is 0 Å². The summed E-state index contributed by atoms with van der Waals surface area (Å²) in [5.41, 5.74) is 1.38. The molecular weight excluding hydrogens is 262 g/mol. The molecule has 0 unspecified atom stereocenters. The summed E-state index contributed by atoms with van der Waals surface area (Å²) >= 11 is 0. The molecule has 1 aromatic rings. The van der Waals surface area contributed by atoms with Gasteiger partial charge in [0.05, 0.1) is 6.10 Å². The first-order chi connectivity index (χ1) is 10.1. The van der Waals surface area contributed by atoms with Crippen LogP contribution in [0.1, 0.15) is 45.6 Å². The molecule has 3 heteroatoms. The highest BCUT2D eigenvalue weighted by Gasteiger charge is 2.15. The van der Waals surface area contributed by atoms with Crippen LogP contribution in [0.3, 0.4) is 0 Å². The van der Waals surface area contributed by atoms with Crippen LogP contribution in [0.25, 0.3) is 0 Å². The molecule has 1 atom stereocenters. The maximum absolute atomic E-state index is 5.67. The van der Waals surface area contributed by atoms with Crippen molar-refractivity contribution in [3.05, 3.63) is 29.8 Å². The van der Waals surface area contributed by atoms with Gasteiger partial charge in [0.15, 0.2) is 0 Å². The van der Waals surface area contributed by atoms with Crippen LogP contribution in [0.15, 0.2) is 24.3 Å². The first kappa shape index (κ1) is 16.3. The van der Waals surface area contributed by atoms with Crippen molar-refractivity contribution in [1.82, 2.24) is 5.32 Å². The van der Waals surface area contributed by atoms with Crippen LogP contribution in [0, 0.1) is 0 Å². The first-order valence-electron chi connectivity index (χ1n) is 8.23. The highest BCUT2D eigenvalue weighted by Crippen LogP contribution is 2.16. The first-order valence-corrected chi connectivity index (χ1v) is 8.23. The Morgan fingerprint density at radius 2 is 1.81 bits per heavy atom. The Morgan fingerprint density at radius 1 is 1.14 bits per heavy atom. The lowest BCUT2D eigenvalue weighted by Gasteiger charge is -2.26. The van der Waals surface area contributed by atoms with E-state index in [1.807, 2.05) is 0 Å². The number of ether oxygens (including phenoxy) is 2. The third kappa shape index (κ3) is 6.06. The van der Waals surface area contributed by atoms with Crippen LogP contribution in [0.4, 0.5) is 0 Å². The van der Waals surface area contributed by atoms with Gasteiger partial charge in [-0.1, -0.05) is 12.1 Å². The zero-order chi connectivity index (χ0) is 15.1. The minimum absolute atomic E-state index is 0.236. The minimum Gasteiger partial charge on any atom is -0.491 e. The molecule has 0 saturated carbocycles. The Balaban J connectivity index is 1.71. The molecule has 3 nitrogen and oxygen atoms in total. The van der Waals surface area contributed by atoms with Crippen molar-refractivity contribution in [1.29, 1.82) is 0 Å². The van der Waals surface area contributed by atoms with Gasteiger partial charge in [-0.15, -0.1) is 0 Å². The molecule has 0 radical (unpaired) electrons. The van der Waals surface area contributed by atoms with E-state index in [4.69, 9.17) is 9.47 Å². The second-order valence-electron chi connectivity index (χ2n) is 6.30. The topological polar surface area (TPSA) is 30.5 Å². The molecule has 118 valence electrons. The Labute approximate surface area is 129 Å². The molecule has 1 N–H and O–H groups in total. The van der Waals surface area contributed by atoms with Crippen molar-refractivity contribution in [3.63, 3.8) is 0 Å². The number of nitrogens with one attached hydrogen (secondary N) is 1. The van der Waals surface area contributed by atoms with Gasteiger partial charge in [0.25, 0.3) is 0 Å². The van der Waals surface area contributed by atoms with Crippen LogP contribution in [0.2, 0.25) is 0 Å². The summed E-state index contributed by atoms with van der Waals surface area (Å²) in [6.07, 6.45) is 4.80. The van der Waals surface area contributed by atoms with Gasteiger partial charge in [0.1, 0.15) is 5.75 Å². The van der Waals surface area contributed by atoms with E-state index in [0.717, 1.165) is 38.2 Å². The second-order valence-corrected chi connectivity index (χ2v) is 6.30. The van der Waals surface area contributed by atoms with Gasteiger partial charge in [0, 0.05) is 25.3 Å². The van der Waals surface area contributed by atoms with Crippen molar-refractivity contribution in [2.75, 3.05) is 13.2 Å². The summed E-state index contributed by atoms with van der Waals surface area (Å²) in [7, 11) is 0. The average molecular weight is 291 g/mol. The predicted molar refractivity (Wildman–Crippen MR) is 87.0 cm³/mol. The molecule has 0 aliphatic carbocycles. The third-order valence-electron chi connectivity index (χ3n) is 3.90. The van der Waals surface area contributed by atoms with E-state index >= 15 is 0 Å². The van der Waals surface area contributed by atoms with Crippen molar-refractivity contribution in [3.8, 4) is 5.75 Å². The molecule has 1 saturated heterocycles. The van der Waals surface area contributed by atoms with Gasteiger partial charge in [-0.2, -0.15) is 0 Å².